The number of methoxy groups -OCH3 is 1. The minimum Gasteiger partial charge on any atom is -0.461 e. The Balaban J connectivity index is 1.85. The Kier molecular flexibility index (Phi) is 7.24. The summed E-state index contributed by atoms with van der Waals surface area (Å²) >= 11 is 5.99. The van der Waals surface area contributed by atoms with E-state index in [0.717, 1.165) is 11.4 Å². The van der Waals surface area contributed by atoms with Gasteiger partial charge in [-0.3, -0.25) is 4.79 Å². The van der Waals surface area contributed by atoms with Crippen LogP contribution in [0.1, 0.15) is 28.7 Å². The van der Waals surface area contributed by atoms with Crippen LogP contribution >= 0.6 is 11.6 Å². The van der Waals surface area contributed by atoms with Gasteiger partial charge in [-0.2, -0.15) is 5.10 Å². The monoisotopic (exact) mass is 421 g/mol. The normalized spacial score (nSPS) is 13.3. The zero-order valence-electron chi connectivity index (χ0n) is 16.5. The molecule has 0 fully saturated rings. The summed E-state index contributed by atoms with van der Waals surface area (Å²) in [5.41, 5.74) is 2.62. The molecule has 1 aliphatic rings. The molecule has 0 spiro atoms. The second-order valence-electron chi connectivity index (χ2n) is 6.49. The Morgan fingerprint density at radius 1 is 1.21 bits per heavy atom. The van der Waals surface area contributed by atoms with Crippen LogP contribution in [0.25, 0.3) is 5.69 Å². The molecule has 0 N–H and O–H groups in total. The van der Waals surface area contributed by atoms with Crippen molar-refractivity contribution < 1.29 is 23.8 Å². The van der Waals surface area contributed by atoms with E-state index in [9.17, 15) is 9.59 Å². The summed E-state index contributed by atoms with van der Waals surface area (Å²) in [5, 5.41) is 5.12. The first-order valence-electron chi connectivity index (χ1n) is 9.43. The van der Waals surface area contributed by atoms with E-state index in [1.165, 1.54) is 0 Å². The molecular weight excluding hydrogens is 398 g/mol. The van der Waals surface area contributed by atoms with Crippen molar-refractivity contribution in [3.8, 4) is 5.69 Å². The molecule has 29 heavy (non-hydrogen) atoms. The van der Waals surface area contributed by atoms with Gasteiger partial charge in [-0.05, 0) is 31.2 Å². The van der Waals surface area contributed by atoms with Crippen molar-refractivity contribution in [2.75, 3.05) is 40.1 Å². The second kappa shape index (κ2) is 9.87. The summed E-state index contributed by atoms with van der Waals surface area (Å²) in [7, 11) is 1.58. The zero-order chi connectivity index (χ0) is 20.8. The summed E-state index contributed by atoms with van der Waals surface area (Å²) < 4.78 is 17.2. The molecule has 8 nitrogen and oxygen atoms in total. The van der Waals surface area contributed by atoms with E-state index in [-0.39, 0.29) is 31.4 Å². The molecule has 0 unspecified atom stereocenters. The average Bonchev–Trinajstić information content (AvgIpc) is 3.11. The lowest BCUT2D eigenvalue weighted by Crippen LogP contribution is -2.39. The van der Waals surface area contributed by atoms with Crippen LogP contribution in [0.15, 0.2) is 24.3 Å². The van der Waals surface area contributed by atoms with Crippen LogP contribution in [0.4, 0.5) is 0 Å². The second-order valence-corrected chi connectivity index (χ2v) is 6.93. The van der Waals surface area contributed by atoms with Gasteiger partial charge in [0.25, 0.3) is 0 Å². The fourth-order valence-corrected chi connectivity index (χ4v) is 3.31. The quantitative estimate of drug-likeness (QED) is 0.480. The van der Waals surface area contributed by atoms with E-state index in [2.05, 4.69) is 5.10 Å². The van der Waals surface area contributed by atoms with Crippen LogP contribution in [0, 0.1) is 0 Å². The third-order valence-corrected chi connectivity index (χ3v) is 4.86. The summed E-state index contributed by atoms with van der Waals surface area (Å²) in [6, 6.07) is 7.22. The van der Waals surface area contributed by atoms with Crippen LogP contribution < -0.4 is 0 Å². The van der Waals surface area contributed by atoms with Gasteiger partial charge >= 0.3 is 5.97 Å². The third kappa shape index (κ3) is 4.95. The van der Waals surface area contributed by atoms with Crippen LogP contribution in [-0.4, -0.2) is 66.6 Å². The number of amides is 1. The molecule has 0 aliphatic carbocycles. The lowest BCUT2D eigenvalue weighted by Gasteiger charge is -2.27. The number of hydrogen-bond donors (Lipinski definition) is 0. The van der Waals surface area contributed by atoms with Gasteiger partial charge in [0.1, 0.15) is 6.61 Å². The molecule has 9 heteroatoms. The van der Waals surface area contributed by atoms with Crippen molar-refractivity contribution in [3.05, 3.63) is 46.2 Å². The highest BCUT2D eigenvalue weighted by molar-refractivity contribution is 6.30. The molecule has 0 atom stereocenters. The first-order valence-corrected chi connectivity index (χ1v) is 9.81. The molecular formula is C20H24ClN3O5. The average molecular weight is 422 g/mol. The van der Waals surface area contributed by atoms with Gasteiger partial charge in [-0.1, -0.05) is 11.6 Å². The van der Waals surface area contributed by atoms with Gasteiger partial charge in [0, 0.05) is 37.2 Å². The molecule has 0 saturated heterocycles. The van der Waals surface area contributed by atoms with Gasteiger partial charge in [0.05, 0.1) is 31.2 Å². The molecule has 1 aliphatic heterocycles. The van der Waals surface area contributed by atoms with Gasteiger partial charge in [0.15, 0.2) is 5.69 Å². The number of halogens is 1. The van der Waals surface area contributed by atoms with E-state index in [1.54, 1.807) is 35.7 Å². The van der Waals surface area contributed by atoms with Crippen molar-refractivity contribution in [2.24, 2.45) is 0 Å². The van der Waals surface area contributed by atoms with Crippen LogP contribution in [0.3, 0.4) is 0 Å². The van der Waals surface area contributed by atoms with Gasteiger partial charge in [-0.25, -0.2) is 9.48 Å². The number of rotatable bonds is 8. The number of nitrogens with zero attached hydrogens (tertiary/aromatic N) is 3. The number of esters is 1. The van der Waals surface area contributed by atoms with Crippen LogP contribution in [0.2, 0.25) is 5.02 Å². The topological polar surface area (TPSA) is 82.9 Å². The molecule has 2 aromatic rings. The Labute approximate surface area is 174 Å². The molecule has 156 valence electrons. The van der Waals surface area contributed by atoms with Crippen molar-refractivity contribution >= 4 is 23.5 Å². The van der Waals surface area contributed by atoms with Crippen molar-refractivity contribution in [2.45, 2.75) is 19.9 Å². The molecule has 1 aromatic heterocycles. The largest absolute Gasteiger partial charge is 0.461 e. The third-order valence-electron chi connectivity index (χ3n) is 4.61. The van der Waals surface area contributed by atoms with E-state index in [1.807, 2.05) is 12.1 Å². The predicted octanol–water partition coefficient (Wildman–Crippen LogP) is 2.25. The lowest BCUT2D eigenvalue weighted by atomic mass is 10.0. The molecule has 0 bridgehead atoms. The summed E-state index contributed by atoms with van der Waals surface area (Å²) in [5.74, 6) is -0.636. The maximum atomic E-state index is 12.5. The Morgan fingerprint density at radius 3 is 2.66 bits per heavy atom. The maximum Gasteiger partial charge on any atom is 0.359 e. The summed E-state index contributed by atoms with van der Waals surface area (Å²) in [4.78, 5) is 26.6. The minimum absolute atomic E-state index is 0.0290. The Bertz CT molecular complexity index is 866. The van der Waals surface area contributed by atoms with Crippen molar-refractivity contribution in [1.29, 1.82) is 0 Å². The number of hydrogen-bond acceptors (Lipinski definition) is 6. The standard InChI is InChI=1S/C20H24ClN3O5/c1-3-29-20(26)19-16-12-23(18(25)13-28-11-10-27-2)9-8-17(16)24(22-19)15-6-4-14(21)5-7-15/h4-7H,3,8-13H2,1-2H3. The SMILES string of the molecule is CCOC(=O)c1nn(-c2ccc(Cl)cc2)c2c1CN(C(=O)COCCOC)CC2. The van der Waals surface area contributed by atoms with Gasteiger partial charge < -0.3 is 19.1 Å². The van der Waals surface area contributed by atoms with Crippen molar-refractivity contribution in [3.63, 3.8) is 0 Å². The van der Waals surface area contributed by atoms with Gasteiger partial charge in [-0.15, -0.1) is 0 Å². The number of carbonyl (C=O) groups is 2. The minimum atomic E-state index is -0.498. The molecule has 0 saturated carbocycles. The molecule has 1 aromatic carbocycles. The maximum absolute atomic E-state index is 12.5. The molecule has 3 rings (SSSR count). The molecule has 0 radical (unpaired) electrons. The Morgan fingerprint density at radius 2 is 1.97 bits per heavy atom. The van der Waals surface area contributed by atoms with E-state index in [4.69, 9.17) is 25.8 Å². The highest BCUT2D eigenvalue weighted by atomic mass is 35.5. The van der Waals surface area contributed by atoms with Crippen LogP contribution in [-0.2, 0) is 32.0 Å². The fourth-order valence-electron chi connectivity index (χ4n) is 3.18. The highest BCUT2D eigenvalue weighted by Crippen LogP contribution is 2.26. The first kappa shape index (κ1) is 21.3. The number of aromatic nitrogens is 2. The zero-order valence-corrected chi connectivity index (χ0v) is 17.3. The fraction of sp³-hybridized carbons (Fsp3) is 0.450. The first-order chi connectivity index (χ1) is 14.0. The summed E-state index contributed by atoms with van der Waals surface area (Å²) in [6.07, 6.45) is 0.564. The number of fused-ring (bicyclic) bond motifs is 1. The number of ether oxygens (including phenoxy) is 3. The summed E-state index contributed by atoms with van der Waals surface area (Å²) in [6.45, 7) is 3.54. The van der Waals surface area contributed by atoms with E-state index < -0.39 is 5.97 Å². The molecule has 2 heterocycles. The van der Waals surface area contributed by atoms with E-state index >= 15 is 0 Å². The molecule has 1 amide bonds. The highest BCUT2D eigenvalue weighted by Gasteiger charge is 2.31. The number of carbonyl (C=O) groups excluding carboxylic acids is 2. The van der Waals surface area contributed by atoms with Gasteiger partial charge in [0.2, 0.25) is 5.91 Å². The van der Waals surface area contributed by atoms with Crippen LogP contribution in [0.5, 0.6) is 0 Å². The smallest absolute Gasteiger partial charge is 0.359 e. The van der Waals surface area contributed by atoms with Crippen molar-refractivity contribution in [1.82, 2.24) is 14.7 Å². The number of benzene rings is 1. The Hall–Kier alpha value is -2.42. The lowest BCUT2D eigenvalue weighted by molar-refractivity contribution is -0.137. The predicted molar refractivity (Wildman–Crippen MR) is 106 cm³/mol. The van der Waals surface area contributed by atoms with E-state index in [0.29, 0.717) is 36.8 Å².